The Bertz CT molecular complexity index is 701. The molecule has 160 valence electrons. The normalized spacial score (nSPS) is 20.7. The molecule has 9 heteroatoms. The van der Waals surface area contributed by atoms with Crippen molar-refractivity contribution in [2.75, 3.05) is 65.6 Å². The lowest BCUT2D eigenvalue weighted by molar-refractivity contribution is -0.136. The molecule has 3 rings (SSSR count). The third-order valence-corrected chi connectivity index (χ3v) is 5.36. The van der Waals surface area contributed by atoms with Crippen molar-refractivity contribution in [3.8, 4) is 11.5 Å². The summed E-state index contributed by atoms with van der Waals surface area (Å²) in [6.45, 7) is 4.77. The zero-order valence-corrected chi connectivity index (χ0v) is 16.9. The third kappa shape index (κ3) is 5.59. The predicted octanol–water partition coefficient (Wildman–Crippen LogP) is 0.496. The van der Waals surface area contributed by atoms with Gasteiger partial charge in [0, 0.05) is 44.3 Å². The zero-order chi connectivity index (χ0) is 20.6. The van der Waals surface area contributed by atoms with E-state index in [1.807, 2.05) is 0 Å². The van der Waals surface area contributed by atoms with Gasteiger partial charge < -0.3 is 29.6 Å². The number of rotatable bonds is 7. The topological polar surface area (TPSA) is 98.4 Å². The van der Waals surface area contributed by atoms with Crippen LogP contribution in [0.4, 0.5) is 5.69 Å². The number of benzene rings is 1. The van der Waals surface area contributed by atoms with Gasteiger partial charge in [-0.1, -0.05) is 0 Å². The number of hydrogen-bond acceptors (Lipinski definition) is 7. The maximum Gasteiger partial charge on any atom is 0.313 e. The largest absolute Gasteiger partial charge is 0.497 e. The highest BCUT2D eigenvalue weighted by molar-refractivity contribution is 6.39. The second-order valence-electron chi connectivity index (χ2n) is 7.07. The van der Waals surface area contributed by atoms with Crippen LogP contribution in [0, 0.1) is 5.92 Å². The summed E-state index contributed by atoms with van der Waals surface area (Å²) in [7, 11) is 3.03. The van der Waals surface area contributed by atoms with E-state index in [4.69, 9.17) is 18.9 Å². The third-order valence-electron chi connectivity index (χ3n) is 5.36. The summed E-state index contributed by atoms with van der Waals surface area (Å²) in [4.78, 5) is 27.1. The fraction of sp³-hybridized carbons (Fsp3) is 0.600. The molecule has 0 aromatic heterocycles. The minimum atomic E-state index is -0.739. The van der Waals surface area contributed by atoms with Crippen molar-refractivity contribution >= 4 is 17.5 Å². The highest BCUT2D eigenvalue weighted by Crippen LogP contribution is 2.29. The van der Waals surface area contributed by atoms with E-state index in [1.165, 1.54) is 7.11 Å². The Morgan fingerprint density at radius 3 is 2.59 bits per heavy atom. The second kappa shape index (κ2) is 10.4. The lowest BCUT2D eigenvalue weighted by Gasteiger charge is -2.37. The summed E-state index contributed by atoms with van der Waals surface area (Å²) in [5, 5.41) is 5.38. The summed E-state index contributed by atoms with van der Waals surface area (Å²) in [5.41, 5.74) is 0.405. The molecule has 2 saturated heterocycles. The molecule has 9 nitrogen and oxygen atoms in total. The van der Waals surface area contributed by atoms with Gasteiger partial charge in [0.1, 0.15) is 11.5 Å². The first-order valence-electron chi connectivity index (χ1n) is 9.83. The van der Waals surface area contributed by atoms with Gasteiger partial charge in [0.15, 0.2) is 0 Å². The molecule has 0 spiro atoms. The molecule has 2 fully saturated rings. The van der Waals surface area contributed by atoms with Gasteiger partial charge >= 0.3 is 11.8 Å². The highest BCUT2D eigenvalue weighted by atomic mass is 16.5. The molecule has 1 aromatic rings. The van der Waals surface area contributed by atoms with Gasteiger partial charge in [0.25, 0.3) is 0 Å². The van der Waals surface area contributed by atoms with E-state index in [0.717, 1.165) is 26.1 Å². The molecule has 2 N–H and O–H groups in total. The Morgan fingerprint density at radius 1 is 1.14 bits per heavy atom. The SMILES string of the molecule is COc1ccc(NC(=O)C(=O)NC[C@@H]([C@@H]2CCOC2)N2CCOCC2)c(OC)c1. The van der Waals surface area contributed by atoms with Crippen LogP contribution >= 0.6 is 0 Å². The number of carbonyl (C=O) groups is 2. The number of ether oxygens (including phenoxy) is 4. The molecule has 2 heterocycles. The number of hydrogen-bond donors (Lipinski definition) is 2. The molecule has 0 bridgehead atoms. The Morgan fingerprint density at radius 2 is 1.93 bits per heavy atom. The molecule has 2 aliphatic rings. The van der Waals surface area contributed by atoms with E-state index in [-0.39, 0.29) is 6.04 Å². The lowest BCUT2D eigenvalue weighted by atomic mass is 9.97. The van der Waals surface area contributed by atoms with E-state index in [9.17, 15) is 9.59 Å². The van der Waals surface area contributed by atoms with Crippen molar-refractivity contribution in [2.45, 2.75) is 12.5 Å². The van der Waals surface area contributed by atoms with Crippen LogP contribution < -0.4 is 20.1 Å². The number of carbonyl (C=O) groups excluding carboxylic acids is 2. The summed E-state index contributed by atoms with van der Waals surface area (Å²) >= 11 is 0. The number of methoxy groups -OCH3 is 2. The molecule has 0 saturated carbocycles. The molecular weight excluding hydrogens is 378 g/mol. The van der Waals surface area contributed by atoms with Gasteiger partial charge in [0.05, 0.1) is 39.7 Å². The minimum Gasteiger partial charge on any atom is -0.497 e. The average molecular weight is 407 g/mol. The van der Waals surface area contributed by atoms with Crippen molar-refractivity contribution in [1.29, 1.82) is 0 Å². The summed E-state index contributed by atoms with van der Waals surface area (Å²) in [6, 6.07) is 5.08. The molecular formula is C20H29N3O6. The molecule has 2 atom stereocenters. The summed E-state index contributed by atoms with van der Waals surface area (Å²) in [6.07, 6.45) is 0.952. The number of nitrogens with zero attached hydrogens (tertiary/aromatic N) is 1. The van der Waals surface area contributed by atoms with Gasteiger partial charge in [-0.05, 0) is 18.6 Å². The first-order chi connectivity index (χ1) is 14.1. The van der Waals surface area contributed by atoms with Crippen molar-refractivity contribution < 1.29 is 28.5 Å². The van der Waals surface area contributed by atoms with Crippen molar-refractivity contribution in [2.24, 2.45) is 5.92 Å². The van der Waals surface area contributed by atoms with Gasteiger partial charge in [-0.15, -0.1) is 0 Å². The fourth-order valence-corrected chi connectivity index (χ4v) is 3.72. The van der Waals surface area contributed by atoms with E-state index in [0.29, 0.717) is 49.5 Å². The van der Waals surface area contributed by atoms with Crippen LogP contribution in [0.25, 0.3) is 0 Å². The first kappa shape index (κ1) is 21.4. The van der Waals surface area contributed by atoms with Crippen LogP contribution in [-0.2, 0) is 19.1 Å². The van der Waals surface area contributed by atoms with Crippen molar-refractivity contribution in [3.63, 3.8) is 0 Å². The van der Waals surface area contributed by atoms with Gasteiger partial charge in [-0.2, -0.15) is 0 Å². The Kier molecular flexibility index (Phi) is 7.68. The monoisotopic (exact) mass is 407 g/mol. The van der Waals surface area contributed by atoms with E-state index in [2.05, 4.69) is 15.5 Å². The predicted molar refractivity (Wildman–Crippen MR) is 106 cm³/mol. The molecule has 0 aliphatic carbocycles. The van der Waals surface area contributed by atoms with Crippen LogP contribution in [0.2, 0.25) is 0 Å². The number of amides is 2. The zero-order valence-electron chi connectivity index (χ0n) is 16.9. The van der Waals surface area contributed by atoms with E-state index >= 15 is 0 Å². The maximum absolute atomic E-state index is 12.4. The smallest absolute Gasteiger partial charge is 0.313 e. The minimum absolute atomic E-state index is 0.119. The lowest BCUT2D eigenvalue weighted by Crippen LogP contribution is -2.53. The molecule has 2 amide bonds. The molecule has 0 unspecified atom stereocenters. The molecule has 0 radical (unpaired) electrons. The Labute approximate surface area is 170 Å². The van der Waals surface area contributed by atoms with Crippen molar-refractivity contribution in [1.82, 2.24) is 10.2 Å². The van der Waals surface area contributed by atoms with Crippen LogP contribution in [0.1, 0.15) is 6.42 Å². The Balaban J connectivity index is 1.58. The molecule has 2 aliphatic heterocycles. The summed E-state index contributed by atoms with van der Waals surface area (Å²) in [5.74, 6) is -0.0775. The highest BCUT2D eigenvalue weighted by Gasteiger charge is 2.32. The maximum atomic E-state index is 12.4. The van der Waals surface area contributed by atoms with E-state index in [1.54, 1.807) is 25.3 Å². The Hall–Kier alpha value is -2.36. The fourth-order valence-electron chi connectivity index (χ4n) is 3.72. The number of anilines is 1. The van der Waals surface area contributed by atoms with Crippen LogP contribution in [0.15, 0.2) is 18.2 Å². The van der Waals surface area contributed by atoms with Crippen LogP contribution in [0.3, 0.4) is 0 Å². The number of nitrogens with one attached hydrogen (secondary N) is 2. The van der Waals surface area contributed by atoms with E-state index < -0.39 is 11.8 Å². The van der Waals surface area contributed by atoms with Gasteiger partial charge in [-0.3, -0.25) is 14.5 Å². The van der Waals surface area contributed by atoms with Crippen molar-refractivity contribution in [3.05, 3.63) is 18.2 Å². The number of morpholine rings is 1. The first-order valence-corrected chi connectivity index (χ1v) is 9.83. The van der Waals surface area contributed by atoms with Crippen LogP contribution in [-0.4, -0.2) is 83.0 Å². The van der Waals surface area contributed by atoms with Crippen LogP contribution in [0.5, 0.6) is 11.5 Å². The second-order valence-corrected chi connectivity index (χ2v) is 7.07. The van der Waals surface area contributed by atoms with Gasteiger partial charge in [0.2, 0.25) is 0 Å². The summed E-state index contributed by atoms with van der Waals surface area (Å²) < 4.78 is 21.4. The quantitative estimate of drug-likeness (QED) is 0.635. The standard InChI is InChI=1S/C20H29N3O6/c1-26-15-3-4-16(18(11-15)27-2)22-20(25)19(24)21-12-17(14-5-8-29-13-14)23-6-9-28-10-7-23/h3-4,11,14,17H,5-10,12-13H2,1-2H3,(H,21,24)(H,22,25)/t14-,17+/m1/s1. The average Bonchev–Trinajstić information content (AvgIpc) is 3.29. The van der Waals surface area contributed by atoms with Gasteiger partial charge in [-0.25, -0.2) is 0 Å². The molecule has 1 aromatic carbocycles. The molecule has 29 heavy (non-hydrogen) atoms.